The van der Waals surface area contributed by atoms with Crippen LogP contribution in [0.5, 0.6) is 11.5 Å². The van der Waals surface area contributed by atoms with E-state index < -0.39 is 5.60 Å². The van der Waals surface area contributed by atoms with Crippen molar-refractivity contribution in [2.24, 2.45) is 5.73 Å². The Bertz CT molecular complexity index is 439. The Kier molecular flexibility index (Phi) is 4.89. The predicted octanol–water partition coefficient (Wildman–Crippen LogP) is 2.79. The first kappa shape index (κ1) is 15.1. The third-order valence-corrected chi connectivity index (χ3v) is 3.99. The number of aliphatic hydroxyl groups is 1. The van der Waals surface area contributed by atoms with E-state index in [0.717, 1.165) is 31.2 Å². The van der Waals surface area contributed by atoms with Gasteiger partial charge in [-0.3, -0.25) is 0 Å². The van der Waals surface area contributed by atoms with Gasteiger partial charge in [-0.05, 0) is 37.5 Å². The molecule has 0 spiro atoms. The lowest BCUT2D eigenvalue weighted by atomic mass is 9.85. The molecule has 0 saturated heterocycles. The normalized spacial score (nSPS) is 19.4. The molecule has 0 heterocycles. The van der Waals surface area contributed by atoms with Crippen LogP contribution in [0.3, 0.4) is 0 Å². The van der Waals surface area contributed by atoms with Gasteiger partial charge in [0.05, 0.1) is 12.7 Å². The van der Waals surface area contributed by atoms with Gasteiger partial charge in [0, 0.05) is 6.04 Å². The van der Waals surface area contributed by atoms with E-state index in [4.69, 9.17) is 15.2 Å². The van der Waals surface area contributed by atoms with Gasteiger partial charge in [0.1, 0.15) is 6.61 Å². The zero-order valence-electron chi connectivity index (χ0n) is 12.4. The summed E-state index contributed by atoms with van der Waals surface area (Å²) >= 11 is 0. The van der Waals surface area contributed by atoms with E-state index in [1.807, 2.05) is 25.1 Å². The predicted molar refractivity (Wildman–Crippen MR) is 79.1 cm³/mol. The van der Waals surface area contributed by atoms with Crippen LogP contribution < -0.4 is 15.2 Å². The lowest BCUT2D eigenvalue weighted by molar-refractivity contribution is -0.0343. The summed E-state index contributed by atoms with van der Waals surface area (Å²) in [4.78, 5) is 0. The fourth-order valence-corrected chi connectivity index (χ4v) is 2.65. The molecular formula is C16H25NO3. The fraction of sp³-hybridized carbons (Fsp3) is 0.625. The first-order valence-electron chi connectivity index (χ1n) is 7.33. The second kappa shape index (κ2) is 6.46. The van der Waals surface area contributed by atoms with Crippen LogP contribution in [-0.2, 0) is 0 Å². The molecule has 1 atom stereocenters. The number of benzene rings is 1. The number of hydrogen-bond donors (Lipinski definition) is 2. The van der Waals surface area contributed by atoms with Crippen molar-refractivity contribution in [3.63, 3.8) is 0 Å². The molecule has 1 aromatic rings. The van der Waals surface area contributed by atoms with Gasteiger partial charge in [-0.25, -0.2) is 0 Å². The van der Waals surface area contributed by atoms with Crippen LogP contribution in [0.4, 0.5) is 0 Å². The zero-order chi connectivity index (χ0) is 14.6. The van der Waals surface area contributed by atoms with Crippen LogP contribution in [0.2, 0.25) is 0 Å². The van der Waals surface area contributed by atoms with E-state index >= 15 is 0 Å². The lowest BCUT2D eigenvalue weighted by Gasteiger charge is -2.31. The highest BCUT2D eigenvalue weighted by Gasteiger charge is 2.30. The van der Waals surface area contributed by atoms with Gasteiger partial charge in [-0.2, -0.15) is 0 Å². The van der Waals surface area contributed by atoms with Gasteiger partial charge in [0.15, 0.2) is 11.5 Å². The summed E-state index contributed by atoms with van der Waals surface area (Å²) in [6.07, 6.45) is 4.97. The molecule has 0 unspecified atom stereocenters. The standard InChI is InChI=1S/C16H25NO3/c1-12(17)13-6-7-14(15(10-13)19-2)20-11-16(18)8-4-3-5-9-16/h6-7,10,12,18H,3-5,8-9,11,17H2,1-2H3/t12-/m0/s1. The summed E-state index contributed by atoms with van der Waals surface area (Å²) in [5, 5.41) is 10.5. The smallest absolute Gasteiger partial charge is 0.161 e. The van der Waals surface area contributed by atoms with Gasteiger partial charge < -0.3 is 20.3 Å². The Morgan fingerprint density at radius 3 is 2.55 bits per heavy atom. The SMILES string of the molecule is COc1cc([C@H](C)N)ccc1OCC1(O)CCCCC1. The van der Waals surface area contributed by atoms with E-state index in [1.165, 1.54) is 6.42 Å². The second-order valence-corrected chi connectivity index (χ2v) is 5.77. The molecule has 1 aromatic carbocycles. The molecule has 20 heavy (non-hydrogen) atoms. The Balaban J connectivity index is 2.05. The van der Waals surface area contributed by atoms with E-state index in [-0.39, 0.29) is 6.04 Å². The van der Waals surface area contributed by atoms with Gasteiger partial charge in [0.25, 0.3) is 0 Å². The van der Waals surface area contributed by atoms with Crippen molar-refractivity contribution in [2.45, 2.75) is 50.7 Å². The van der Waals surface area contributed by atoms with Crippen molar-refractivity contribution < 1.29 is 14.6 Å². The van der Waals surface area contributed by atoms with Crippen LogP contribution in [0.15, 0.2) is 18.2 Å². The minimum absolute atomic E-state index is 0.0412. The number of ether oxygens (including phenoxy) is 2. The van der Waals surface area contributed by atoms with Crippen molar-refractivity contribution in [2.75, 3.05) is 13.7 Å². The third kappa shape index (κ3) is 3.64. The molecule has 1 fully saturated rings. The Labute approximate surface area is 120 Å². The van der Waals surface area contributed by atoms with Crippen LogP contribution in [0.1, 0.15) is 50.6 Å². The monoisotopic (exact) mass is 279 g/mol. The van der Waals surface area contributed by atoms with Crippen molar-refractivity contribution in [1.29, 1.82) is 0 Å². The summed E-state index contributed by atoms with van der Waals surface area (Å²) in [7, 11) is 1.61. The van der Waals surface area contributed by atoms with Crippen molar-refractivity contribution in [3.05, 3.63) is 23.8 Å². The van der Waals surface area contributed by atoms with Crippen LogP contribution in [0.25, 0.3) is 0 Å². The van der Waals surface area contributed by atoms with Crippen LogP contribution >= 0.6 is 0 Å². The first-order chi connectivity index (χ1) is 9.54. The summed E-state index contributed by atoms with van der Waals surface area (Å²) in [6, 6.07) is 5.66. The van der Waals surface area contributed by atoms with Gasteiger partial charge in [0.2, 0.25) is 0 Å². The van der Waals surface area contributed by atoms with E-state index in [9.17, 15) is 5.11 Å². The maximum Gasteiger partial charge on any atom is 0.161 e. The van der Waals surface area contributed by atoms with Crippen LogP contribution in [-0.4, -0.2) is 24.4 Å². The second-order valence-electron chi connectivity index (χ2n) is 5.77. The van der Waals surface area contributed by atoms with Crippen molar-refractivity contribution in [1.82, 2.24) is 0 Å². The van der Waals surface area contributed by atoms with Crippen LogP contribution in [0, 0.1) is 0 Å². The zero-order valence-corrected chi connectivity index (χ0v) is 12.4. The molecule has 0 radical (unpaired) electrons. The van der Waals surface area contributed by atoms with Crippen molar-refractivity contribution >= 4 is 0 Å². The van der Waals surface area contributed by atoms with E-state index in [0.29, 0.717) is 18.1 Å². The summed E-state index contributed by atoms with van der Waals surface area (Å²) in [5.41, 5.74) is 6.18. The average molecular weight is 279 g/mol. The quantitative estimate of drug-likeness (QED) is 0.870. The lowest BCUT2D eigenvalue weighted by Crippen LogP contribution is -2.37. The molecule has 2 rings (SSSR count). The third-order valence-electron chi connectivity index (χ3n) is 3.99. The van der Waals surface area contributed by atoms with E-state index in [2.05, 4.69) is 0 Å². The van der Waals surface area contributed by atoms with Gasteiger partial charge in [-0.1, -0.05) is 25.3 Å². The molecule has 1 aliphatic carbocycles. The van der Waals surface area contributed by atoms with Gasteiger partial charge in [-0.15, -0.1) is 0 Å². The molecule has 1 aliphatic rings. The first-order valence-corrected chi connectivity index (χ1v) is 7.33. The summed E-state index contributed by atoms with van der Waals surface area (Å²) < 4.78 is 11.1. The molecule has 0 amide bonds. The number of rotatable bonds is 5. The summed E-state index contributed by atoms with van der Waals surface area (Å²) in [5.74, 6) is 1.33. The highest BCUT2D eigenvalue weighted by Crippen LogP contribution is 2.33. The highest BCUT2D eigenvalue weighted by molar-refractivity contribution is 5.43. The molecule has 3 N–H and O–H groups in total. The minimum Gasteiger partial charge on any atom is -0.493 e. The molecule has 4 nitrogen and oxygen atoms in total. The molecular weight excluding hydrogens is 254 g/mol. The fourth-order valence-electron chi connectivity index (χ4n) is 2.65. The van der Waals surface area contributed by atoms with Crippen molar-refractivity contribution in [3.8, 4) is 11.5 Å². The maximum absolute atomic E-state index is 10.5. The molecule has 0 aliphatic heterocycles. The topological polar surface area (TPSA) is 64.7 Å². The minimum atomic E-state index is -0.691. The number of nitrogens with two attached hydrogens (primary N) is 1. The molecule has 0 aromatic heterocycles. The Hall–Kier alpha value is -1.26. The highest BCUT2D eigenvalue weighted by atomic mass is 16.5. The Morgan fingerprint density at radius 2 is 1.95 bits per heavy atom. The number of hydrogen-bond acceptors (Lipinski definition) is 4. The number of methoxy groups -OCH3 is 1. The summed E-state index contributed by atoms with van der Waals surface area (Å²) in [6.45, 7) is 2.25. The largest absolute Gasteiger partial charge is 0.493 e. The molecule has 0 bridgehead atoms. The van der Waals surface area contributed by atoms with Gasteiger partial charge >= 0.3 is 0 Å². The molecule has 4 heteroatoms. The molecule has 112 valence electrons. The average Bonchev–Trinajstić information content (AvgIpc) is 2.45. The van der Waals surface area contributed by atoms with E-state index in [1.54, 1.807) is 7.11 Å². The Morgan fingerprint density at radius 1 is 1.25 bits per heavy atom. The maximum atomic E-state index is 10.5. The molecule has 1 saturated carbocycles.